The van der Waals surface area contributed by atoms with Crippen molar-refractivity contribution in [2.24, 2.45) is 0 Å². The quantitative estimate of drug-likeness (QED) is 0.557. The van der Waals surface area contributed by atoms with Gasteiger partial charge in [0.05, 0.1) is 22.6 Å². The summed E-state index contributed by atoms with van der Waals surface area (Å²) in [5.41, 5.74) is 2.09. The number of hydrogen-bond donors (Lipinski definition) is 1. The first kappa shape index (κ1) is 16.1. The van der Waals surface area contributed by atoms with Crippen molar-refractivity contribution in [3.63, 3.8) is 0 Å². The molecule has 130 valence electrons. The Morgan fingerprint density at radius 1 is 0.923 bits per heavy atom. The molecule has 2 heterocycles. The Morgan fingerprint density at radius 3 is 2.31 bits per heavy atom. The summed E-state index contributed by atoms with van der Waals surface area (Å²) in [5.74, 6) is -0.163. The Kier molecular flexibility index (Phi) is 3.65. The summed E-state index contributed by atoms with van der Waals surface area (Å²) in [5, 5.41) is 11.5. The lowest BCUT2D eigenvalue weighted by atomic mass is 10.0. The zero-order valence-electron chi connectivity index (χ0n) is 14.3. The number of benzene rings is 2. The maximum Gasteiger partial charge on any atom is 0.343 e. The number of aromatic hydroxyl groups is 1. The van der Waals surface area contributed by atoms with Gasteiger partial charge in [-0.2, -0.15) is 0 Å². The van der Waals surface area contributed by atoms with Crippen LogP contribution in [0.3, 0.4) is 0 Å². The molecule has 5 nitrogen and oxygen atoms in total. The van der Waals surface area contributed by atoms with Crippen molar-refractivity contribution >= 4 is 21.9 Å². The fourth-order valence-corrected chi connectivity index (χ4v) is 3.09. The molecule has 0 saturated carbocycles. The zero-order valence-corrected chi connectivity index (χ0v) is 14.3. The van der Waals surface area contributed by atoms with Crippen molar-refractivity contribution in [1.82, 2.24) is 0 Å². The van der Waals surface area contributed by atoms with E-state index in [4.69, 9.17) is 8.83 Å². The van der Waals surface area contributed by atoms with E-state index in [-0.39, 0.29) is 28.7 Å². The predicted octanol–water partition coefficient (Wildman–Crippen LogP) is 3.81. The summed E-state index contributed by atoms with van der Waals surface area (Å²) in [6.07, 6.45) is 1.27. The molecule has 0 aliphatic carbocycles. The van der Waals surface area contributed by atoms with Crippen LogP contribution in [0.5, 0.6) is 5.75 Å². The summed E-state index contributed by atoms with van der Waals surface area (Å²) >= 11 is 0. The molecule has 0 unspecified atom stereocenters. The van der Waals surface area contributed by atoms with Gasteiger partial charge < -0.3 is 13.9 Å². The summed E-state index contributed by atoms with van der Waals surface area (Å²) in [7, 11) is 0. The molecular formula is C21H16O5. The predicted molar refractivity (Wildman–Crippen MR) is 98.9 cm³/mol. The monoisotopic (exact) mass is 348 g/mol. The largest absolute Gasteiger partial charge is 0.507 e. The molecule has 4 aromatic rings. The Hall–Kier alpha value is -3.34. The minimum absolute atomic E-state index is 0.0439. The van der Waals surface area contributed by atoms with Crippen LogP contribution in [-0.4, -0.2) is 5.11 Å². The molecule has 0 spiro atoms. The second-order valence-electron chi connectivity index (χ2n) is 6.48. The highest BCUT2D eigenvalue weighted by atomic mass is 16.4. The molecule has 2 aromatic carbocycles. The van der Waals surface area contributed by atoms with E-state index in [2.05, 4.69) is 0 Å². The van der Waals surface area contributed by atoms with Crippen molar-refractivity contribution in [3.05, 3.63) is 85.6 Å². The molecule has 0 radical (unpaired) electrons. The Labute approximate surface area is 148 Å². The summed E-state index contributed by atoms with van der Waals surface area (Å²) in [6.45, 7) is 3.77. The number of rotatable bonds is 2. The molecule has 5 heteroatoms. The molecule has 0 atom stereocenters. The van der Waals surface area contributed by atoms with Crippen LogP contribution in [-0.2, 0) is 6.42 Å². The normalized spacial score (nSPS) is 11.3. The van der Waals surface area contributed by atoms with Gasteiger partial charge in [-0.3, -0.25) is 4.79 Å². The van der Waals surface area contributed by atoms with E-state index in [1.54, 1.807) is 30.3 Å². The van der Waals surface area contributed by atoms with Crippen LogP contribution < -0.4 is 11.1 Å². The third-order valence-corrected chi connectivity index (χ3v) is 4.49. The van der Waals surface area contributed by atoms with E-state index in [9.17, 15) is 14.7 Å². The maximum atomic E-state index is 12.8. The van der Waals surface area contributed by atoms with Crippen LogP contribution in [0.2, 0.25) is 0 Å². The van der Waals surface area contributed by atoms with Gasteiger partial charge in [-0.15, -0.1) is 0 Å². The zero-order chi connectivity index (χ0) is 18.4. The SMILES string of the molecule is Cc1ccc2oc(=O)c(Cc3coc4ccc(C)cc4c3=O)c(O)c2c1. The van der Waals surface area contributed by atoms with E-state index < -0.39 is 5.63 Å². The molecule has 0 aliphatic heterocycles. The molecule has 0 bridgehead atoms. The topological polar surface area (TPSA) is 80.7 Å². The first-order chi connectivity index (χ1) is 12.4. The fourth-order valence-electron chi connectivity index (χ4n) is 3.09. The van der Waals surface area contributed by atoms with Crippen LogP contribution in [0, 0.1) is 13.8 Å². The Balaban J connectivity index is 1.90. The van der Waals surface area contributed by atoms with E-state index in [0.29, 0.717) is 21.9 Å². The van der Waals surface area contributed by atoms with E-state index in [1.807, 2.05) is 19.9 Å². The third kappa shape index (κ3) is 2.58. The maximum absolute atomic E-state index is 12.8. The second-order valence-corrected chi connectivity index (χ2v) is 6.48. The van der Waals surface area contributed by atoms with Crippen molar-refractivity contribution in [2.45, 2.75) is 20.3 Å². The summed E-state index contributed by atoms with van der Waals surface area (Å²) in [4.78, 5) is 25.1. The molecular weight excluding hydrogens is 332 g/mol. The highest BCUT2D eigenvalue weighted by Gasteiger charge is 2.17. The molecule has 4 rings (SSSR count). The van der Waals surface area contributed by atoms with Gasteiger partial charge in [0, 0.05) is 12.0 Å². The molecule has 2 aromatic heterocycles. The van der Waals surface area contributed by atoms with Crippen LogP contribution in [0.25, 0.3) is 21.9 Å². The number of hydrogen-bond acceptors (Lipinski definition) is 5. The average molecular weight is 348 g/mol. The van der Waals surface area contributed by atoms with E-state index in [1.165, 1.54) is 6.26 Å². The van der Waals surface area contributed by atoms with E-state index in [0.717, 1.165) is 11.1 Å². The van der Waals surface area contributed by atoms with Gasteiger partial charge in [-0.1, -0.05) is 23.3 Å². The number of fused-ring (bicyclic) bond motifs is 2. The van der Waals surface area contributed by atoms with Crippen molar-refractivity contribution in [2.75, 3.05) is 0 Å². The minimum Gasteiger partial charge on any atom is -0.507 e. The second kappa shape index (κ2) is 5.88. The average Bonchev–Trinajstić information content (AvgIpc) is 2.61. The molecule has 26 heavy (non-hydrogen) atoms. The van der Waals surface area contributed by atoms with Crippen LogP contribution in [0.15, 0.2) is 61.1 Å². The van der Waals surface area contributed by atoms with Gasteiger partial charge in [0.2, 0.25) is 0 Å². The lowest BCUT2D eigenvalue weighted by molar-refractivity contribution is 0.458. The first-order valence-corrected chi connectivity index (χ1v) is 8.20. The lowest BCUT2D eigenvalue weighted by Crippen LogP contribution is -2.14. The third-order valence-electron chi connectivity index (χ3n) is 4.49. The van der Waals surface area contributed by atoms with Gasteiger partial charge in [0.1, 0.15) is 16.9 Å². The highest BCUT2D eigenvalue weighted by molar-refractivity contribution is 5.85. The summed E-state index contributed by atoms with van der Waals surface area (Å²) < 4.78 is 10.8. The van der Waals surface area contributed by atoms with Crippen LogP contribution in [0.4, 0.5) is 0 Å². The smallest absolute Gasteiger partial charge is 0.343 e. The van der Waals surface area contributed by atoms with Gasteiger partial charge in [-0.25, -0.2) is 4.79 Å². The lowest BCUT2D eigenvalue weighted by Gasteiger charge is -2.07. The standard InChI is InChI=1S/C21H16O5/c1-11-3-5-17-14(7-11)19(22)13(10-25-17)9-16-20(23)15-8-12(2)4-6-18(15)26-21(16)24/h3-8,10,23H,9H2,1-2H3. The van der Waals surface area contributed by atoms with Crippen molar-refractivity contribution in [3.8, 4) is 5.75 Å². The Morgan fingerprint density at radius 2 is 1.58 bits per heavy atom. The summed E-state index contributed by atoms with van der Waals surface area (Å²) in [6, 6.07) is 10.5. The van der Waals surface area contributed by atoms with Crippen LogP contribution in [0.1, 0.15) is 22.3 Å². The number of aryl methyl sites for hydroxylation is 2. The first-order valence-electron chi connectivity index (χ1n) is 8.20. The molecule has 0 saturated heterocycles. The minimum atomic E-state index is -0.664. The molecule has 0 aliphatic rings. The molecule has 1 N–H and O–H groups in total. The Bertz CT molecular complexity index is 1280. The van der Waals surface area contributed by atoms with Gasteiger partial charge >= 0.3 is 5.63 Å². The van der Waals surface area contributed by atoms with Crippen LogP contribution >= 0.6 is 0 Å². The van der Waals surface area contributed by atoms with E-state index >= 15 is 0 Å². The molecule has 0 amide bonds. The highest BCUT2D eigenvalue weighted by Crippen LogP contribution is 2.28. The van der Waals surface area contributed by atoms with Gasteiger partial charge in [0.25, 0.3) is 0 Å². The van der Waals surface area contributed by atoms with Gasteiger partial charge in [0.15, 0.2) is 5.43 Å². The van der Waals surface area contributed by atoms with Crippen molar-refractivity contribution < 1.29 is 13.9 Å². The molecule has 0 fully saturated rings. The fraction of sp³-hybridized carbons (Fsp3) is 0.143. The van der Waals surface area contributed by atoms with Gasteiger partial charge in [-0.05, 0) is 38.1 Å². The van der Waals surface area contributed by atoms with Crippen molar-refractivity contribution in [1.29, 1.82) is 0 Å².